The number of carbonyl (C=O) groups excluding carboxylic acids is 2. The number of benzene rings is 1. The first-order valence-electron chi connectivity index (χ1n) is 9.41. The first-order chi connectivity index (χ1) is 12.5. The molecular formula is C20H30N2O4S. The molecule has 0 saturated carbocycles. The highest BCUT2D eigenvalue weighted by Gasteiger charge is 2.29. The van der Waals surface area contributed by atoms with Crippen LogP contribution in [-0.4, -0.2) is 50.5 Å². The van der Waals surface area contributed by atoms with Crippen molar-refractivity contribution in [3.63, 3.8) is 0 Å². The van der Waals surface area contributed by atoms with Crippen LogP contribution >= 0.6 is 0 Å². The van der Waals surface area contributed by atoms with Gasteiger partial charge in [0.15, 0.2) is 9.84 Å². The average molecular weight is 395 g/mol. The van der Waals surface area contributed by atoms with Crippen LogP contribution < -0.4 is 5.32 Å². The number of nitrogens with one attached hydrogen (secondary N) is 1. The lowest BCUT2D eigenvalue weighted by Crippen LogP contribution is -2.45. The van der Waals surface area contributed by atoms with E-state index in [0.29, 0.717) is 37.4 Å². The molecular weight excluding hydrogens is 364 g/mol. The van der Waals surface area contributed by atoms with Crippen molar-refractivity contribution >= 4 is 21.7 Å². The quantitative estimate of drug-likeness (QED) is 0.831. The summed E-state index contributed by atoms with van der Waals surface area (Å²) in [5.41, 5.74) is 1.16. The molecule has 1 unspecified atom stereocenters. The summed E-state index contributed by atoms with van der Waals surface area (Å²) in [6, 6.07) is 4.76. The Balaban J connectivity index is 2.04. The molecule has 27 heavy (non-hydrogen) atoms. The molecule has 6 nitrogen and oxygen atoms in total. The summed E-state index contributed by atoms with van der Waals surface area (Å²) in [5, 5.41) is 3.05. The number of likely N-dealkylation sites (tertiary alicyclic amines) is 1. The molecule has 2 rings (SSSR count). The largest absolute Gasteiger partial charge is 0.353 e. The van der Waals surface area contributed by atoms with Crippen LogP contribution in [0.3, 0.4) is 0 Å². The molecule has 0 aromatic heterocycles. The molecule has 0 radical (unpaired) electrons. The number of nitrogens with zero attached hydrogens (tertiary/aromatic N) is 1. The smallest absolute Gasteiger partial charge is 0.254 e. The van der Waals surface area contributed by atoms with Crippen molar-refractivity contribution in [3.8, 4) is 0 Å². The predicted octanol–water partition coefficient (Wildman–Crippen LogP) is 2.41. The van der Waals surface area contributed by atoms with Gasteiger partial charge in [0.2, 0.25) is 5.91 Å². The number of sulfone groups is 1. The first kappa shape index (κ1) is 21.4. The average Bonchev–Trinajstić information content (AvgIpc) is 2.60. The summed E-state index contributed by atoms with van der Waals surface area (Å²) in [7, 11) is -3.37. The van der Waals surface area contributed by atoms with E-state index in [9.17, 15) is 18.0 Å². The second kappa shape index (κ2) is 8.42. The SMILES string of the molecule is Cc1ccc(S(C)(=O)=O)cc1C(=O)N1CCC(C(=O)NC(C)C(C)C)CC1. The van der Waals surface area contributed by atoms with Gasteiger partial charge in [-0.3, -0.25) is 9.59 Å². The molecule has 1 aromatic rings. The zero-order valence-corrected chi connectivity index (χ0v) is 17.6. The molecule has 1 aliphatic rings. The molecule has 1 aromatic carbocycles. The number of rotatable bonds is 5. The van der Waals surface area contributed by atoms with Gasteiger partial charge in [0.05, 0.1) is 4.90 Å². The number of aryl methyl sites for hydroxylation is 1. The van der Waals surface area contributed by atoms with Crippen molar-refractivity contribution < 1.29 is 18.0 Å². The summed E-state index contributed by atoms with van der Waals surface area (Å²) < 4.78 is 23.6. The van der Waals surface area contributed by atoms with E-state index in [0.717, 1.165) is 11.8 Å². The van der Waals surface area contributed by atoms with E-state index in [1.165, 1.54) is 12.1 Å². The molecule has 1 saturated heterocycles. The topological polar surface area (TPSA) is 83.6 Å². The van der Waals surface area contributed by atoms with E-state index in [-0.39, 0.29) is 28.7 Å². The predicted molar refractivity (Wildman–Crippen MR) is 105 cm³/mol. The molecule has 7 heteroatoms. The van der Waals surface area contributed by atoms with E-state index in [2.05, 4.69) is 19.2 Å². The van der Waals surface area contributed by atoms with Crippen LogP contribution in [0.4, 0.5) is 0 Å². The summed E-state index contributed by atoms with van der Waals surface area (Å²) in [6.07, 6.45) is 2.37. The first-order valence-corrected chi connectivity index (χ1v) is 11.3. The van der Waals surface area contributed by atoms with Gasteiger partial charge in [0, 0.05) is 36.9 Å². The molecule has 1 heterocycles. The van der Waals surface area contributed by atoms with Crippen LogP contribution in [-0.2, 0) is 14.6 Å². The minimum atomic E-state index is -3.37. The van der Waals surface area contributed by atoms with Crippen LogP contribution in [0.5, 0.6) is 0 Å². The highest BCUT2D eigenvalue weighted by molar-refractivity contribution is 7.90. The molecule has 0 spiro atoms. The molecule has 0 bridgehead atoms. The minimum Gasteiger partial charge on any atom is -0.353 e. The lowest BCUT2D eigenvalue weighted by molar-refractivity contribution is -0.127. The zero-order valence-electron chi connectivity index (χ0n) is 16.8. The lowest BCUT2D eigenvalue weighted by atomic mass is 9.94. The van der Waals surface area contributed by atoms with Gasteiger partial charge in [-0.1, -0.05) is 19.9 Å². The Morgan fingerprint density at radius 1 is 1.15 bits per heavy atom. The van der Waals surface area contributed by atoms with Gasteiger partial charge in [-0.2, -0.15) is 0 Å². The standard InChI is InChI=1S/C20H30N2O4S/c1-13(2)15(4)21-19(23)16-8-10-22(11-9-16)20(24)18-12-17(27(5,25)26)7-6-14(18)3/h6-7,12-13,15-16H,8-11H2,1-5H3,(H,21,23). The van der Waals surface area contributed by atoms with Gasteiger partial charge in [0.25, 0.3) is 5.91 Å². The highest BCUT2D eigenvalue weighted by Crippen LogP contribution is 2.22. The summed E-state index contributed by atoms with van der Waals surface area (Å²) in [4.78, 5) is 27.1. The van der Waals surface area contributed by atoms with E-state index in [1.807, 2.05) is 6.92 Å². The van der Waals surface area contributed by atoms with Crippen molar-refractivity contribution in [2.45, 2.75) is 51.5 Å². The fraction of sp³-hybridized carbons (Fsp3) is 0.600. The van der Waals surface area contributed by atoms with Gasteiger partial charge in [0.1, 0.15) is 0 Å². The van der Waals surface area contributed by atoms with Gasteiger partial charge in [-0.15, -0.1) is 0 Å². The number of piperidine rings is 1. The molecule has 2 amide bonds. The lowest BCUT2D eigenvalue weighted by Gasteiger charge is -2.32. The minimum absolute atomic E-state index is 0.0542. The maximum atomic E-state index is 12.9. The third-order valence-corrected chi connectivity index (χ3v) is 6.50. The maximum absolute atomic E-state index is 12.9. The maximum Gasteiger partial charge on any atom is 0.254 e. The summed E-state index contributed by atoms with van der Waals surface area (Å²) in [6.45, 7) is 8.93. The molecule has 0 aliphatic carbocycles. The Morgan fingerprint density at radius 3 is 2.26 bits per heavy atom. The highest BCUT2D eigenvalue weighted by atomic mass is 32.2. The van der Waals surface area contributed by atoms with E-state index >= 15 is 0 Å². The number of hydrogen-bond acceptors (Lipinski definition) is 4. The summed E-state index contributed by atoms with van der Waals surface area (Å²) in [5.74, 6) is 0.172. The Kier molecular flexibility index (Phi) is 6.68. The third kappa shape index (κ3) is 5.31. The molecule has 1 aliphatic heterocycles. The van der Waals surface area contributed by atoms with Crippen LogP contribution in [0.2, 0.25) is 0 Å². The Labute approximate surface area is 162 Å². The number of amides is 2. The number of carbonyl (C=O) groups is 2. The molecule has 1 atom stereocenters. The normalized spacial score (nSPS) is 17.0. The van der Waals surface area contributed by atoms with Gasteiger partial charge in [-0.05, 0) is 50.3 Å². The van der Waals surface area contributed by atoms with Crippen molar-refractivity contribution in [2.75, 3.05) is 19.3 Å². The second-order valence-electron chi connectivity index (χ2n) is 7.86. The Bertz CT molecular complexity index is 809. The zero-order chi connectivity index (χ0) is 20.4. The van der Waals surface area contributed by atoms with Crippen molar-refractivity contribution in [1.82, 2.24) is 10.2 Å². The van der Waals surface area contributed by atoms with Crippen LogP contribution in [0.1, 0.15) is 49.5 Å². The summed E-state index contributed by atoms with van der Waals surface area (Å²) >= 11 is 0. The van der Waals surface area contributed by atoms with Gasteiger partial charge in [-0.25, -0.2) is 8.42 Å². The monoisotopic (exact) mass is 394 g/mol. The van der Waals surface area contributed by atoms with E-state index < -0.39 is 9.84 Å². The van der Waals surface area contributed by atoms with Gasteiger partial charge < -0.3 is 10.2 Å². The fourth-order valence-electron chi connectivity index (χ4n) is 3.09. The van der Waals surface area contributed by atoms with Crippen LogP contribution in [0.15, 0.2) is 23.1 Å². The third-order valence-electron chi connectivity index (χ3n) is 5.39. The van der Waals surface area contributed by atoms with Crippen molar-refractivity contribution in [2.24, 2.45) is 11.8 Å². The van der Waals surface area contributed by atoms with Crippen molar-refractivity contribution in [1.29, 1.82) is 0 Å². The Morgan fingerprint density at radius 2 is 1.74 bits per heavy atom. The molecule has 1 N–H and O–H groups in total. The van der Waals surface area contributed by atoms with Crippen LogP contribution in [0.25, 0.3) is 0 Å². The fourth-order valence-corrected chi connectivity index (χ4v) is 3.73. The van der Waals surface area contributed by atoms with Gasteiger partial charge >= 0.3 is 0 Å². The van der Waals surface area contributed by atoms with Crippen molar-refractivity contribution in [3.05, 3.63) is 29.3 Å². The molecule has 150 valence electrons. The number of hydrogen-bond donors (Lipinski definition) is 1. The van der Waals surface area contributed by atoms with E-state index in [1.54, 1.807) is 17.9 Å². The Hall–Kier alpha value is -1.89. The second-order valence-corrected chi connectivity index (χ2v) is 9.87. The van der Waals surface area contributed by atoms with Crippen LogP contribution in [0, 0.1) is 18.8 Å². The van der Waals surface area contributed by atoms with E-state index in [4.69, 9.17) is 0 Å². The molecule has 1 fully saturated rings.